The molecular formula is C16H27ClN2. The molecule has 19 heavy (non-hydrogen) atoms. The van der Waals surface area contributed by atoms with E-state index in [1.54, 1.807) is 0 Å². The third kappa shape index (κ3) is 5.04. The van der Waals surface area contributed by atoms with E-state index in [1.807, 2.05) is 13.0 Å². The first kappa shape index (κ1) is 16.3. The lowest BCUT2D eigenvalue weighted by atomic mass is 10.1. The number of anilines is 1. The predicted octanol–water partition coefficient (Wildman–Crippen LogP) is 4.77. The van der Waals surface area contributed by atoms with Gasteiger partial charge in [-0.25, -0.2) is 0 Å². The summed E-state index contributed by atoms with van der Waals surface area (Å²) in [4.78, 5) is 2.40. The monoisotopic (exact) mass is 282 g/mol. The van der Waals surface area contributed by atoms with E-state index in [1.165, 1.54) is 25.7 Å². The molecule has 0 saturated carbocycles. The third-order valence-electron chi connectivity index (χ3n) is 3.40. The molecule has 3 heteroatoms. The van der Waals surface area contributed by atoms with E-state index < -0.39 is 0 Å². The molecule has 0 amide bonds. The van der Waals surface area contributed by atoms with Gasteiger partial charge in [-0.1, -0.05) is 44.4 Å². The second-order valence-corrected chi connectivity index (χ2v) is 5.60. The number of hydrogen-bond acceptors (Lipinski definition) is 2. The minimum Gasteiger partial charge on any atom is -0.370 e. The van der Waals surface area contributed by atoms with E-state index in [2.05, 4.69) is 30.9 Å². The first-order valence-electron chi connectivity index (χ1n) is 7.40. The summed E-state index contributed by atoms with van der Waals surface area (Å²) < 4.78 is 0. The summed E-state index contributed by atoms with van der Waals surface area (Å²) in [6.45, 7) is 8.58. The van der Waals surface area contributed by atoms with Crippen LogP contribution in [0.1, 0.15) is 58.1 Å². The standard InChI is InChI=1S/C16H27ClN2/c1-4-6-10-19(11-7-5-2)16-9-8-14(13(3)18)12-15(16)17/h8-9,12-13H,4-7,10-11,18H2,1-3H3/t13-/m1/s1. The molecule has 0 aliphatic heterocycles. The molecule has 2 N–H and O–H groups in total. The van der Waals surface area contributed by atoms with Gasteiger partial charge in [0.25, 0.3) is 0 Å². The highest BCUT2D eigenvalue weighted by molar-refractivity contribution is 6.33. The number of unbranched alkanes of at least 4 members (excludes halogenated alkanes) is 2. The maximum Gasteiger partial charge on any atom is 0.0642 e. The fourth-order valence-corrected chi connectivity index (χ4v) is 2.42. The van der Waals surface area contributed by atoms with Crippen LogP contribution in [-0.2, 0) is 0 Å². The average molecular weight is 283 g/mol. The Balaban J connectivity index is 2.87. The van der Waals surface area contributed by atoms with Crippen LogP contribution >= 0.6 is 11.6 Å². The van der Waals surface area contributed by atoms with Gasteiger partial charge in [0, 0.05) is 19.1 Å². The zero-order chi connectivity index (χ0) is 14.3. The normalized spacial score (nSPS) is 12.5. The van der Waals surface area contributed by atoms with E-state index >= 15 is 0 Å². The van der Waals surface area contributed by atoms with Crippen LogP contribution in [0.3, 0.4) is 0 Å². The molecule has 1 atom stereocenters. The molecule has 0 aromatic heterocycles. The van der Waals surface area contributed by atoms with Crippen LogP contribution in [0.5, 0.6) is 0 Å². The predicted molar refractivity (Wildman–Crippen MR) is 86.1 cm³/mol. The van der Waals surface area contributed by atoms with Crippen LogP contribution in [0, 0.1) is 0 Å². The lowest BCUT2D eigenvalue weighted by Crippen LogP contribution is -2.26. The topological polar surface area (TPSA) is 29.3 Å². The second-order valence-electron chi connectivity index (χ2n) is 5.19. The number of hydrogen-bond donors (Lipinski definition) is 1. The fraction of sp³-hybridized carbons (Fsp3) is 0.625. The molecule has 0 aliphatic carbocycles. The zero-order valence-electron chi connectivity index (χ0n) is 12.5. The van der Waals surface area contributed by atoms with Crippen molar-refractivity contribution in [2.75, 3.05) is 18.0 Å². The summed E-state index contributed by atoms with van der Waals surface area (Å²) in [5.41, 5.74) is 8.14. The summed E-state index contributed by atoms with van der Waals surface area (Å²) in [6, 6.07) is 6.25. The van der Waals surface area contributed by atoms with Crippen LogP contribution in [0.25, 0.3) is 0 Å². The van der Waals surface area contributed by atoms with Crippen molar-refractivity contribution >= 4 is 17.3 Å². The molecule has 0 unspecified atom stereocenters. The number of nitrogens with two attached hydrogens (primary N) is 1. The summed E-state index contributed by atoms with van der Waals surface area (Å²) in [5, 5.41) is 0.821. The Morgan fingerprint density at radius 1 is 1.16 bits per heavy atom. The Kier molecular flexibility index (Phi) is 7.25. The van der Waals surface area contributed by atoms with Crippen LogP contribution in [0.15, 0.2) is 18.2 Å². The molecule has 0 fully saturated rings. The van der Waals surface area contributed by atoms with Gasteiger partial charge < -0.3 is 10.6 Å². The van der Waals surface area contributed by atoms with E-state index in [4.69, 9.17) is 17.3 Å². The first-order valence-corrected chi connectivity index (χ1v) is 7.77. The number of nitrogens with zero attached hydrogens (tertiary/aromatic N) is 1. The maximum absolute atomic E-state index is 6.43. The highest BCUT2D eigenvalue weighted by atomic mass is 35.5. The maximum atomic E-state index is 6.43. The van der Waals surface area contributed by atoms with Crippen molar-refractivity contribution < 1.29 is 0 Å². The number of rotatable bonds is 8. The van der Waals surface area contributed by atoms with Crippen molar-refractivity contribution in [2.24, 2.45) is 5.73 Å². The van der Waals surface area contributed by atoms with E-state index in [0.717, 1.165) is 29.4 Å². The van der Waals surface area contributed by atoms with Gasteiger partial charge in [0.15, 0.2) is 0 Å². The first-order chi connectivity index (χ1) is 9.10. The Bertz CT molecular complexity index is 369. The number of benzene rings is 1. The smallest absolute Gasteiger partial charge is 0.0642 e. The van der Waals surface area contributed by atoms with Crippen molar-refractivity contribution in [3.05, 3.63) is 28.8 Å². The van der Waals surface area contributed by atoms with Crippen molar-refractivity contribution in [2.45, 2.75) is 52.5 Å². The van der Waals surface area contributed by atoms with Gasteiger partial charge >= 0.3 is 0 Å². The van der Waals surface area contributed by atoms with Crippen molar-refractivity contribution in [1.82, 2.24) is 0 Å². The SMILES string of the molecule is CCCCN(CCCC)c1ccc([C@@H](C)N)cc1Cl. The van der Waals surface area contributed by atoms with Crippen LogP contribution in [0.2, 0.25) is 5.02 Å². The summed E-state index contributed by atoms with van der Waals surface area (Å²) in [5.74, 6) is 0. The van der Waals surface area contributed by atoms with Crippen molar-refractivity contribution in [1.29, 1.82) is 0 Å². The fourth-order valence-electron chi connectivity index (χ4n) is 2.11. The average Bonchev–Trinajstić information content (AvgIpc) is 2.39. The molecule has 2 nitrogen and oxygen atoms in total. The molecule has 108 valence electrons. The second kappa shape index (κ2) is 8.44. The third-order valence-corrected chi connectivity index (χ3v) is 3.70. The van der Waals surface area contributed by atoms with Crippen molar-refractivity contribution in [3.8, 4) is 0 Å². The quantitative estimate of drug-likeness (QED) is 0.744. The van der Waals surface area contributed by atoms with Gasteiger partial charge in [0.05, 0.1) is 10.7 Å². The molecule has 0 radical (unpaired) electrons. The molecule has 1 aromatic rings. The summed E-state index contributed by atoms with van der Waals surface area (Å²) in [7, 11) is 0. The lowest BCUT2D eigenvalue weighted by Gasteiger charge is -2.26. The molecule has 0 aliphatic rings. The summed E-state index contributed by atoms with van der Waals surface area (Å²) >= 11 is 6.43. The zero-order valence-corrected chi connectivity index (χ0v) is 13.2. The molecule has 1 rings (SSSR count). The van der Waals surface area contributed by atoms with Gasteiger partial charge in [0.2, 0.25) is 0 Å². The minimum absolute atomic E-state index is 0.0336. The molecule has 0 heterocycles. The molecular weight excluding hydrogens is 256 g/mol. The van der Waals surface area contributed by atoms with Crippen LogP contribution in [-0.4, -0.2) is 13.1 Å². The largest absolute Gasteiger partial charge is 0.370 e. The Morgan fingerprint density at radius 3 is 2.16 bits per heavy atom. The van der Waals surface area contributed by atoms with Gasteiger partial charge in [-0.2, -0.15) is 0 Å². The van der Waals surface area contributed by atoms with Gasteiger partial charge in [-0.15, -0.1) is 0 Å². The summed E-state index contributed by atoms with van der Waals surface area (Å²) in [6.07, 6.45) is 4.82. The lowest BCUT2D eigenvalue weighted by molar-refractivity contribution is 0.678. The highest BCUT2D eigenvalue weighted by Gasteiger charge is 2.11. The minimum atomic E-state index is 0.0336. The van der Waals surface area contributed by atoms with E-state index in [-0.39, 0.29) is 6.04 Å². The van der Waals surface area contributed by atoms with Gasteiger partial charge in [-0.05, 0) is 37.5 Å². The Hall–Kier alpha value is -0.730. The molecule has 0 spiro atoms. The van der Waals surface area contributed by atoms with Crippen LogP contribution in [0.4, 0.5) is 5.69 Å². The molecule has 1 aromatic carbocycles. The van der Waals surface area contributed by atoms with Gasteiger partial charge in [-0.3, -0.25) is 0 Å². The van der Waals surface area contributed by atoms with Crippen LogP contribution < -0.4 is 10.6 Å². The van der Waals surface area contributed by atoms with E-state index in [9.17, 15) is 0 Å². The van der Waals surface area contributed by atoms with Gasteiger partial charge in [0.1, 0.15) is 0 Å². The Labute approximate surface area is 122 Å². The highest BCUT2D eigenvalue weighted by Crippen LogP contribution is 2.29. The Morgan fingerprint density at radius 2 is 1.74 bits per heavy atom. The number of halogens is 1. The molecule has 0 saturated heterocycles. The van der Waals surface area contributed by atoms with E-state index in [0.29, 0.717) is 0 Å². The van der Waals surface area contributed by atoms with Crippen molar-refractivity contribution in [3.63, 3.8) is 0 Å². The molecule has 0 bridgehead atoms.